The zero-order valence-electron chi connectivity index (χ0n) is 16.1. The Morgan fingerprint density at radius 3 is 2.55 bits per heavy atom. The van der Waals surface area contributed by atoms with Gasteiger partial charge >= 0.3 is 0 Å². The first-order valence-corrected chi connectivity index (χ1v) is 9.14. The van der Waals surface area contributed by atoms with E-state index in [1.165, 1.54) is 19.2 Å². The van der Waals surface area contributed by atoms with E-state index in [-0.39, 0.29) is 29.0 Å². The molecule has 29 heavy (non-hydrogen) atoms. The summed E-state index contributed by atoms with van der Waals surface area (Å²) in [6.45, 7) is 2.05. The van der Waals surface area contributed by atoms with Crippen LogP contribution in [0.4, 0.5) is 11.4 Å². The van der Waals surface area contributed by atoms with E-state index < -0.39 is 16.5 Å². The van der Waals surface area contributed by atoms with Crippen molar-refractivity contribution in [2.24, 2.45) is 0 Å². The van der Waals surface area contributed by atoms with Gasteiger partial charge in [-0.3, -0.25) is 19.7 Å². The maximum atomic E-state index is 12.8. The minimum Gasteiger partial charge on any atom is -0.493 e. The van der Waals surface area contributed by atoms with Crippen molar-refractivity contribution in [1.29, 1.82) is 0 Å². The Hall–Kier alpha value is -3.62. The van der Waals surface area contributed by atoms with Crippen LogP contribution < -0.4 is 20.1 Å². The smallest absolute Gasteiger partial charge is 0.286 e. The second-order valence-electron chi connectivity index (χ2n) is 6.49. The van der Waals surface area contributed by atoms with Crippen LogP contribution in [0.3, 0.4) is 0 Å². The number of nitro benzene ring substituents is 1. The molecule has 0 spiro atoms. The summed E-state index contributed by atoms with van der Waals surface area (Å²) < 4.78 is 10.5. The van der Waals surface area contributed by atoms with E-state index in [9.17, 15) is 19.7 Å². The van der Waals surface area contributed by atoms with Crippen molar-refractivity contribution in [2.75, 3.05) is 19.0 Å². The van der Waals surface area contributed by atoms with Crippen LogP contribution in [0.1, 0.15) is 40.5 Å². The molecule has 2 aromatic rings. The first-order valence-electron chi connectivity index (χ1n) is 9.14. The fourth-order valence-corrected chi connectivity index (χ4v) is 2.74. The summed E-state index contributed by atoms with van der Waals surface area (Å²) in [5.74, 6) is -0.533. The molecular formula is C20H21N3O6. The molecular weight excluding hydrogens is 378 g/mol. The van der Waals surface area contributed by atoms with Crippen LogP contribution in [0, 0.1) is 10.1 Å². The molecule has 0 heterocycles. The molecule has 9 nitrogen and oxygen atoms in total. The van der Waals surface area contributed by atoms with Gasteiger partial charge in [-0.1, -0.05) is 6.07 Å². The zero-order valence-corrected chi connectivity index (χ0v) is 16.1. The molecule has 0 atom stereocenters. The molecule has 2 aromatic carbocycles. The summed E-state index contributed by atoms with van der Waals surface area (Å²) in [6, 6.07) is 9.03. The van der Waals surface area contributed by atoms with E-state index in [4.69, 9.17) is 9.47 Å². The number of methoxy groups -OCH3 is 1. The highest BCUT2D eigenvalue weighted by molar-refractivity contribution is 6.08. The summed E-state index contributed by atoms with van der Waals surface area (Å²) >= 11 is 0. The lowest BCUT2D eigenvalue weighted by Gasteiger charge is -2.12. The van der Waals surface area contributed by atoms with Gasteiger partial charge in [-0.15, -0.1) is 0 Å². The van der Waals surface area contributed by atoms with E-state index >= 15 is 0 Å². The molecule has 152 valence electrons. The lowest BCUT2D eigenvalue weighted by Crippen LogP contribution is -2.25. The number of carbonyl (C=O) groups excluding carboxylic acids is 2. The highest BCUT2D eigenvalue weighted by Gasteiger charge is 2.26. The third kappa shape index (κ3) is 4.81. The van der Waals surface area contributed by atoms with Crippen molar-refractivity contribution in [3.05, 3.63) is 57.6 Å². The van der Waals surface area contributed by atoms with Crippen LogP contribution in [0.2, 0.25) is 0 Å². The normalized spacial score (nSPS) is 12.8. The van der Waals surface area contributed by atoms with Crippen molar-refractivity contribution in [3.8, 4) is 11.5 Å². The number of nitro groups is 1. The van der Waals surface area contributed by atoms with Crippen LogP contribution in [-0.2, 0) is 0 Å². The molecule has 1 aliphatic rings. The average molecular weight is 399 g/mol. The Kier molecular flexibility index (Phi) is 5.96. The van der Waals surface area contributed by atoms with Gasteiger partial charge < -0.3 is 20.1 Å². The van der Waals surface area contributed by atoms with Crippen molar-refractivity contribution >= 4 is 23.2 Å². The highest BCUT2D eigenvalue weighted by Crippen LogP contribution is 2.35. The van der Waals surface area contributed by atoms with Crippen LogP contribution in [0.5, 0.6) is 11.5 Å². The van der Waals surface area contributed by atoms with E-state index in [0.717, 1.165) is 18.9 Å². The first-order chi connectivity index (χ1) is 13.9. The lowest BCUT2D eigenvalue weighted by atomic mass is 10.1. The molecule has 1 saturated carbocycles. The number of benzene rings is 2. The Balaban J connectivity index is 1.87. The number of ether oxygens (including phenoxy) is 2. The van der Waals surface area contributed by atoms with Crippen molar-refractivity contribution in [3.63, 3.8) is 0 Å². The van der Waals surface area contributed by atoms with Crippen LogP contribution in [-0.4, -0.2) is 36.5 Å². The maximum Gasteiger partial charge on any atom is 0.286 e. The fraction of sp³-hybridized carbons (Fsp3) is 0.300. The molecule has 1 fully saturated rings. The predicted octanol–water partition coefficient (Wildman–Crippen LogP) is 3.15. The largest absolute Gasteiger partial charge is 0.493 e. The van der Waals surface area contributed by atoms with Crippen molar-refractivity contribution in [1.82, 2.24) is 5.32 Å². The molecule has 9 heteroatoms. The monoisotopic (exact) mass is 399 g/mol. The van der Waals surface area contributed by atoms with E-state index in [1.807, 2.05) is 0 Å². The molecule has 0 unspecified atom stereocenters. The van der Waals surface area contributed by atoms with E-state index in [1.54, 1.807) is 25.1 Å². The minimum absolute atomic E-state index is 0.161. The standard InChI is InChI=1S/C20H21N3O6/c1-3-29-18-10-15(16(23(26)27)11-17(18)28-2)20(25)22-14-6-4-5-12(9-14)19(24)21-13-7-8-13/h4-6,9-11,13H,3,7-8H2,1-2H3,(H,21,24)(H,22,25). The summed E-state index contributed by atoms with van der Waals surface area (Å²) in [4.78, 5) is 35.7. The van der Waals surface area contributed by atoms with Gasteiger partial charge in [0.15, 0.2) is 11.5 Å². The number of hydrogen-bond donors (Lipinski definition) is 2. The SMILES string of the molecule is CCOc1cc(C(=O)Nc2cccc(C(=O)NC3CC3)c2)c([N+](=O)[O-])cc1OC. The topological polar surface area (TPSA) is 120 Å². The van der Waals surface area contributed by atoms with Crippen LogP contribution in [0.15, 0.2) is 36.4 Å². The van der Waals surface area contributed by atoms with Crippen molar-refractivity contribution < 1.29 is 24.0 Å². The zero-order chi connectivity index (χ0) is 21.0. The van der Waals surface area contributed by atoms with Crippen LogP contribution in [0.25, 0.3) is 0 Å². The highest BCUT2D eigenvalue weighted by atomic mass is 16.6. The summed E-state index contributed by atoms with van der Waals surface area (Å²) in [5.41, 5.74) is 0.160. The van der Waals surface area contributed by atoms with E-state index in [0.29, 0.717) is 17.9 Å². The van der Waals surface area contributed by atoms with Gasteiger partial charge in [0, 0.05) is 23.4 Å². The Labute approximate surface area is 167 Å². The van der Waals surface area contributed by atoms with Gasteiger partial charge in [0.05, 0.1) is 24.7 Å². The van der Waals surface area contributed by atoms with E-state index in [2.05, 4.69) is 10.6 Å². The average Bonchev–Trinajstić information content (AvgIpc) is 3.51. The van der Waals surface area contributed by atoms with Gasteiger partial charge in [0.1, 0.15) is 5.56 Å². The van der Waals surface area contributed by atoms with Gasteiger partial charge in [-0.25, -0.2) is 0 Å². The second kappa shape index (κ2) is 8.59. The number of nitrogens with zero attached hydrogens (tertiary/aromatic N) is 1. The molecule has 2 N–H and O–H groups in total. The van der Waals surface area contributed by atoms with Gasteiger partial charge in [0.2, 0.25) is 0 Å². The Morgan fingerprint density at radius 1 is 1.17 bits per heavy atom. The molecule has 0 bridgehead atoms. The summed E-state index contributed by atoms with van der Waals surface area (Å²) in [6.07, 6.45) is 1.93. The third-order valence-corrected chi connectivity index (χ3v) is 4.32. The molecule has 0 saturated heterocycles. The predicted molar refractivity (Wildman–Crippen MR) is 106 cm³/mol. The number of amides is 2. The summed E-state index contributed by atoms with van der Waals surface area (Å²) in [5, 5.41) is 16.9. The molecule has 1 aliphatic carbocycles. The van der Waals surface area contributed by atoms with Gasteiger partial charge in [0.25, 0.3) is 17.5 Å². The van der Waals surface area contributed by atoms with Crippen LogP contribution >= 0.6 is 0 Å². The molecule has 0 aromatic heterocycles. The third-order valence-electron chi connectivity index (χ3n) is 4.32. The number of carbonyl (C=O) groups is 2. The maximum absolute atomic E-state index is 12.8. The number of hydrogen-bond acceptors (Lipinski definition) is 6. The Morgan fingerprint density at radius 2 is 1.93 bits per heavy atom. The molecule has 2 amide bonds. The van der Waals surface area contributed by atoms with Gasteiger partial charge in [-0.2, -0.15) is 0 Å². The van der Waals surface area contributed by atoms with Crippen molar-refractivity contribution in [2.45, 2.75) is 25.8 Å². The minimum atomic E-state index is -0.694. The quantitative estimate of drug-likeness (QED) is 0.520. The number of nitrogens with one attached hydrogen (secondary N) is 2. The Bertz CT molecular complexity index is 955. The first kappa shape index (κ1) is 20.1. The number of rotatable bonds is 8. The summed E-state index contributed by atoms with van der Waals surface area (Å²) in [7, 11) is 1.36. The molecule has 0 aliphatic heterocycles. The lowest BCUT2D eigenvalue weighted by molar-refractivity contribution is -0.385. The van der Waals surface area contributed by atoms with Gasteiger partial charge in [-0.05, 0) is 38.0 Å². The molecule has 3 rings (SSSR count). The number of anilines is 1. The molecule has 0 radical (unpaired) electrons. The second-order valence-corrected chi connectivity index (χ2v) is 6.49. The fourth-order valence-electron chi connectivity index (χ4n) is 2.74.